The fourth-order valence-electron chi connectivity index (χ4n) is 2.38. The summed E-state index contributed by atoms with van der Waals surface area (Å²) in [6.07, 6.45) is 1.27. The van der Waals surface area contributed by atoms with Crippen molar-refractivity contribution < 1.29 is 4.74 Å². The number of hydrogen-bond donors (Lipinski definition) is 1. The van der Waals surface area contributed by atoms with Gasteiger partial charge >= 0.3 is 0 Å². The van der Waals surface area contributed by atoms with E-state index in [0.717, 1.165) is 12.5 Å². The van der Waals surface area contributed by atoms with Crippen molar-refractivity contribution in [3.05, 3.63) is 35.4 Å². The van der Waals surface area contributed by atoms with E-state index in [-0.39, 0.29) is 0 Å². The van der Waals surface area contributed by atoms with E-state index in [9.17, 15) is 0 Å². The Morgan fingerprint density at radius 1 is 1.40 bits per heavy atom. The third-order valence-electron chi connectivity index (χ3n) is 3.22. The highest BCUT2D eigenvalue weighted by Gasteiger charge is 2.25. The zero-order chi connectivity index (χ0) is 10.7. The van der Waals surface area contributed by atoms with Gasteiger partial charge in [0.05, 0.1) is 6.61 Å². The molecule has 2 nitrogen and oxygen atoms in total. The molecule has 0 aromatic heterocycles. The molecule has 2 rings (SSSR count). The largest absolute Gasteiger partial charge is 0.380 e. The maximum absolute atomic E-state index is 5.24. The average Bonchev–Trinajstić information content (AvgIpc) is 2.66. The lowest BCUT2D eigenvalue weighted by molar-refractivity contribution is 0.183. The topological polar surface area (TPSA) is 21.3 Å². The van der Waals surface area contributed by atoms with E-state index in [1.807, 2.05) is 0 Å². The van der Waals surface area contributed by atoms with Crippen molar-refractivity contribution in [2.45, 2.75) is 26.0 Å². The highest BCUT2D eigenvalue weighted by atomic mass is 16.5. The van der Waals surface area contributed by atoms with Crippen molar-refractivity contribution in [3.63, 3.8) is 0 Å². The summed E-state index contributed by atoms with van der Waals surface area (Å²) in [5.41, 5.74) is 2.72. The van der Waals surface area contributed by atoms with Crippen molar-refractivity contribution in [1.82, 2.24) is 5.32 Å². The molecule has 0 spiro atoms. The minimum Gasteiger partial charge on any atom is -0.380 e. The molecule has 2 heteroatoms. The molecule has 1 fully saturated rings. The van der Waals surface area contributed by atoms with E-state index in [0.29, 0.717) is 12.6 Å². The number of benzene rings is 1. The molecular formula is C13H19NO. The Morgan fingerprint density at radius 3 is 2.87 bits per heavy atom. The summed E-state index contributed by atoms with van der Waals surface area (Å²) in [5.74, 6) is 0.725. The summed E-state index contributed by atoms with van der Waals surface area (Å²) in [5, 5.41) is 3.57. The Morgan fingerprint density at radius 2 is 2.20 bits per heavy atom. The van der Waals surface area contributed by atoms with E-state index < -0.39 is 0 Å². The van der Waals surface area contributed by atoms with Crippen LogP contribution in [-0.2, 0) is 11.3 Å². The quantitative estimate of drug-likeness (QED) is 0.818. The van der Waals surface area contributed by atoms with Gasteiger partial charge in [-0.15, -0.1) is 0 Å². The molecule has 15 heavy (non-hydrogen) atoms. The Kier molecular flexibility index (Phi) is 3.39. The van der Waals surface area contributed by atoms with Crippen LogP contribution in [0, 0.1) is 5.92 Å². The molecule has 82 valence electrons. The molecule has 0 amide bonds. The predicted molar refractivity (Wildman–Crippen MR) is 61.7 cm³/mol. The van der Waals surface area contributed by atoms with Gasteiger partial charge in [-0.1, -0.05) is 31.2 Å². The fourth-order valence-corrected chi connectivity index (χ4v) is 2.38. The molecule has 1 aliphatic heterocycles. The van der Waals surface area contributed by atoms with Crippen LogP contribution in [0.5, 0.6) is 0 Å². The number of methoxy groups -OCH3 is 1. The standard InChI is InChI=1S/C13H19NO/c1-10-7-8-14-13(10)12-6-4-3-5-11(12)9-15-2/h3-6,10,13-14H,7-9H2,1-2H3. The number of nitrogens with one attached hydrogen (secondary N) is 1. The lowest BCUT2D eigenvalue weighted by Gasteiger charge is -2.19. The molecule has 0 aliphatic carbocycles. The normalized spacial score (nSPS) is 25.7. The molecule has 1 aromatic rings. The van der Waals surface area contributed by atoms with Crippen LogP contribution >= 0.6 is 0 Å². The molecule has 1 aliphatic rings. The lowest BCUT2D eigenvalue weighted by Crippen LogP contribution is -2.18. The predicted octanol–water partition coefficient (Wildman–Crippen LogP) is 2.50. The molecular weight excluding hydrogens is 186 g/mol. The molecule has 2 unspecified atom stereocenters. The van der Waals surface area contributed by atoms with Gasteiger partial charge in [0.25, 0.3) is 0 Å². The van der Waals surface area contributed by atoms with Gasteiger partial charge in [0.1, 0.15) is 0 Å². The zero-order valence-electron chi connectivity index (χ0n) is 9.49. The maximum atomic E-state index is 5.24. The van der Waals surface area contributed by atoms with E-state index in [4.69, 9.17) is 4.74 Å². The van der Waals surface area contributed by atoms with Crippen LogP contribution in [-0.4, -0.2) is 13.7 Å². The molecule has 1 aromatic carbocycles. The molecule has 0 bridgehead atoms. The highest BCUT2D eigenvalue weighted by molar-refractivity contribution is 5.30. The molecule has 1 N–H and O–H groups in total. The van der Waals surface area contributed by atoms with Crippen LogP contribution in [0.25, 0.3) is 0 Å². The maximum Gasteiger partial charge on any atom is 0.0716 e. The van der Waals surface area contributed by atoms with Crippen LogP contribution in [0.3, 0.4) is 0 Å². The zero-order valence-corrected chi connectivity index (χ0v) is 9.49. The Balaban J connectivity index is 2.25. The number of ether oxygens (including phenoxy) is 1. The smallest absolute Gasteiger partial charge is 0.0716 e. The molecule has 0 radical (unpaired) electrons. The monoisotopic (exact) mass is 205 g/mol. The van der Waals surface area contributed by atoms with Crippen molar-refractivity contribution in [3.8, 4) is 0 Å². The van der Waals surface area contributed by atoms with Crippen LogP contribution in [0.2, 0.25) is 0 Å². The lowest BCUT2D eigenvalue weighted by atomic mass is 9.93. The van der Waals surface area contributed by atoms with Crippen LogP contribution in [0.15, 0.2) is 24.3 Å². The van der Waals surface area contributed by atoms with Gasteiger partial charge in [-0.2, -0.15) is 0 Å². The summed E-state index contributed by atoms with van der Waals surface area (Å²) in [6.45, 7) is 4.16. The van der Waals surface area contributed by atoms with Crippen LogP contribution < -0.4 is 5.32 Å². The Hall–Kier alpha value is -0.860. The van der Waals surface area contributed by atoms with Crippen molar-refractivity contribution >= 4 is 0 Å². The molecule has 0 saturated carbocycles. The van der Waals surface area contributed by atoms with Gasteiger partial charge in [0, 0.05) is 13.2 Å². The first-order valence-corrected chi connectivity index (χ1v) is 5.63. The van der Waals surface area contributed by atoms with Crippen molar-refractivity contribution in [1.29, 1.82) is 0 Å². The minimum atomic E-state index is 0.511. The first-order valence-electron chi connectivity index (χ1n) is 5.63. The van der Waals surface area contributed by atoms with Gasteiger partial charge in [-0.3, -0.25) is 0 Å². The summed E-state index contributed by atoms with van der Waals surface area (Å²) in [7, 11) is 1.75. The second-order valence-corrected chi connectivity index (χ2v) is 4.33. The number of hydrogen-bond acceptors (Lipinski definition) is 2. The molecule has 1 saturated heterocycles. The summed E-state index contributed by atoms with van der Waals surface area (Å²) >= 11 is 0. The second-order valence-electron chi connectivity index (χ2n) is 4.33. The molecule has 1 heterocycles. The van der Waals surface area contributed by atoms with Crippen molar-refractivity contribution in [2.75, 3.05) is 13.7 Å². The fraction of sp³-hybridized carbons (Fsp3) is 0.538. The van der Waals surface area contributed by atoms with Gasteiger partial charge in [-0.25, -0.2) is 0 Å². The summed E-state index contributed by atoms with van der Waals surface area (Å²) in [4.78, 5) is 0. The van der Waals surface area contributed by atoms with E-state index in [1.54, 1.807) is 7.11 Å². The van der Waals surface area contributed by atoms with E-state index in [1.165, 1.54) is 17.5 Å². The van der Waals surface area contributed by atoms with Gasteiger partial charge < -0.3 is 10.1 Å². The van der Waals surface area contributed by atoms with E-state index in [2.05, 4.69) is 36.5 Å². The third kappa shape index (κ3) is 2.21. The summed E-state index contributed by atoms with van der Waals surface area (Å²) in [6, 6.07) is 9.08. The van der Waals surface area contributed by atoms with Crippen LogP contribution in [0.1, 0.15) is 30.5 Å². The van der Waals surface area contributed by atoms with Crippen LogP contribution in [0.4, 0.5) is 0 Å². The first-order chi connectivity index (χ1) is 7.33. The highest BCUT2D eigenvalue weighted by Crippen LogP contribution is 2.31. The van der Waals surface area contributed by atoms with Gasteiger partial charge in [0.2, 0.25) is 0 Å². The third-order valence-corrected chi connectivity index (χ3v) is 3.22. The molecule has 2 atom stereocenters. The minimum absolute atomic E-state index is 0.511. The Labute approximate surface area is 91.6 Å². The SMILES string of the molecule is COCc1ccccc1C1NCCC1C. The second kappa shape index (κ2) is 4.77. The number of rotatable bonds is 3. The van der Waals surface area contributed by atoms with Gasteiger partial charge in [0.15, 0.2) is 0 Å². The average molecular weight is 205 g/mol. The van der Waals surface area contributed by atoms with Gasteiger partial charge in [-0.05, 0) is 30.0 Å². The first kappa shape index (κ1) is 10.7. The van der Waals surface area contributed by atoms with Crippen molar-refractivity contribution in [2.24, 2.45) is 5.92 Å². The van der Waals surface area contributed by atoms with E-state index >= 15 is 0 Å². The Bertz CT molecular complexity index is 324. The summed E-state index contributed by atoms with van der Waals surface area (Å²) < 4.78 is 5.24.